The van der Waals surface area contributed by atoms with Crippen LogP contribution in [0.4, 0.5) is 10.3 Å². The minimum absolute atomic E-state index is 0.00515. The van der Waals surface area contributed by atoms with Crippen molar-refractivity contribution in [1.29, 1.82) is 0 Å². The van der Waals surface area contributed by atoms with E-state index in [4.69, 9.17) is 4.74 Å². The summed E-state index contributed by atoms with van der Waals surface area (Å²) in [6, 6.07) is 0.558. The second-order valence-corrected chi connectivity index (χ2v) is 5.33. The van der Waals surface area contributed by atoms with Crippen molar-refractivity contribution < 1.29 is 9.13 Å². The standard InChI is InChI=1S/C14H23FN4O/c1-11(19-7-4-5-8-19)6-9-18(2)14-16-10-12(15)13(17-14)20-3/h10-11H,4-9H2,1-3H3. The van der Waals surface area contributed by atoms with Gasteiger partial charge in [0.2, 0.25) is 11.8 Å². The summed E-state index contributed by atoms with van der Waals surface area (Å²) in [5.74, 6) is -0.0404. The van der Waals surface area contributed by atoms with Crippen LogP contribution in [0.1, 0.15) is 26.2 Å². The van der Waals surface area contributed by atoms with Gasteiger partial charge in [-0.1, -0.05) is 0 Å². The average molecular weight is 282 g/mol. The maximum Gasteiger partial charge on any atom is 0.255 e. The van der Waals surface area contributed by atoms with Crippen LogP contribution in [-0.2, 0) is 0 Å². The smallest absolute Gasteiger partial charge is 0.255 e. The predicted octanol–water partition coefficient (Wildman–Crippen LogP) is 1.93. The summed E-state index contributed by atoms with van der Waals surface area (Å²) in [5, 5.41) is 0. The van der Waals surface area contributed by atoms with E-state index >= 15 is 0 Å². The van der Waals surface area contributed by atoms with Crippen molar-refractivity contribution in [3.05, 3.63) is 12.0 Å². The van der Waals surface area contributed by atoms with Crippen LogP contribution in [0.5, 0.6) is 5.88 Å². The van der Waals surface area contributed by atoms with Gasteiger partial charge in [-0.15, -0.1) is 0 Å². The molecule has 0 spiro atoms. The third-order valence-corrected chi connectivity index (χ3v) is 3.88. The highest BCUT2D eigenvalue weighted by atomic mass is 19.1. The van der Waals surface area contributed by atoms with Crippen molar-refractivity contribution in [3.63, 3.8) is 0 Å². The highest BCUT2D eigenvalue weighted by Gasteiger charge is 2.18. The normalized spacial score (nSPS) is 17.2. The summed E-state index contributed by atoms with van der Waals surface area (Å²) in [5.41, 5.74) is 0. The van der Waals surface area contributed by atoms with Crippen molar-refractivity contribution in [2.24, 2.45) is 0 Å². The predicted molar refractivity (Wildman–Crippen MR) is 76.7 cm³/mol. The molecule has 0 bridgehead atoms. The summed E-state index contributed by atoms with van der Waals surface area (Å²) in [7, 11) is 3.33. The molecule has 1 aromatic rings. The molecule has 5 nitrogen and oxygen atoms in total. The van der Waals surface area contributed by atoms with Crippen LogP contribution in [0, 0.1) is 5.82 Å². The van der Waals surface area contributed by atoms with Crippen LogP contribution in [0.15, 0.2) is 6.20 Å². The molecule has 0 N–H and O–H groups in total. The van der Waals surface area contributed by atoms with Crippen LogP contribution in [-0.4, -0.2) is 54.7 Å². The Hall–Kier alpha value is -1.43. The Bertz CT molecular complexity index is 437. The largest absolute Gasteiger partial charge is 0.479 e. The van der Waals surface area contributed by atoms with E-state index in [1.165, 1.54) is 33.0 Å². The molecule has 0 aliphatic carbocycles. The highest BCUT2D eigenvalue weighted by molar-refractivity contribution is 5.31. The Labute approximate surface area is 119 Å². The zero-order chi connectivity index (χ0) is 14.5. The number of likely N-dealkylation sites (tertiary alicyclic amines) is 1. The molecular formula is C14H23FN4O. The first kappa shape index (κ1) is 15.0. The molecule has 1 aliphatic rings. The topological polar surface area (TPSA) is 41.5 Å². The van der Waals surface area contributed by atoms with E-state index in [-0.39, 0.29) is 5.88 Å². The van der Waals surface area contributed by atoms with Crippen LogP contribution >= 0.6 is 0 Å². The second-order valence-electron chi connectivity index (χ2n) is 5.33. The number of ether oxygens (including phenoxy) is 1. The van der Waals surface area contributed by atoms with Gasteiger partial charge in [-0.05, 0) is 39.3 Å². The number of nitrogens with zero attached hydrogens (tertiary/aromatic N) is 4. The molecular weight excluding hydrogens is 259 g/mol. The first-order chi connectivity index (χ1) is 9.61. The highest BCUT2D eigenvalue weighted by Crippen LogP contribution is 2.17. The Balaban J connectivity index is 1.89. The lowest BCUT2D eigenvalue weighted by Gasteiger charge is -2.26. The van der Waals surface area contributed by atoms with Crippen LogP contribution < -0.4 is 9.64 Å². The molecule has 1 aliphatic heterocycles. The minimum atomic E-state index is -0.532. The van der Waals surface area contributed by atoms with E-state index in [1.54, 1.807) is 0 Å². The van der Waals surface area contributed by atoms with Crippen molar-refractivity contribution in [2.75, 3.05) is 38.7 Å². The molecule has 112 valence electrons. The number of aromatic nitrogens is 2. The van der Waals surface area contributed by atoms with Crippen molar-refractivity contribution in [3.8, 4) is 5.88 Å². The van der Waals surface area contributed by atoms with Gasteiger partial charge in [-0.3, -0.25) is 0 Å². The van der Waals surface area contributed by atoms with Crippen molar-refractivity contribution >= 4 is 5.95 Å². The average Bonchev–Trinajstić information content (AvgIpc) is 2.99. The molecule has 0 saturated carbocycles. The Morgan fingerprint density at radius 1 is 1.45 bits per heavy atom. The molecule has 0 amide bonds. The van der Waals surface area contributed by atoms with Gasteiger partial charge in [-0.25, -0.2) is 4.98 Å². The number of methoxy groups -OCH3 is 1. The fourth-order valence-corrected chi connectivity index (χ4v) is 2.52. The van der Waals surface area contributed by atoms with E-state index in [0.29, 0.717) is 12.0 Å². The number of halogens is 1. The van der Waals surface area contributed by atoms with E-state index < -0.39 is 5.82 Å². The summed E-state index contributed by atoms with van der Waals surface area (Å²) in [6.45, 7) is 5.50. The monoisotopic (exact) mass is 282 g/mol. The lowest BCUT2D eigenvalue weighted by atomic mass is 10.2. The maximum atomic E-state index is 13.3. The van der Waals surface area contributed by atoms with E-state index in [9.17, 15) is 4.39 Å². The SMILES string of the molecule is COc1nc(N(C)CCC(C)N2CCCC2)ncc1F. The van der Waals surface area contributed by atoms with Gasteiger partial charge in [-0.2, -0.15) is 9.37 Å². The van der Waals surface area contributed by atoms with Gasteiger partial charge >= 0.3 is 0 Å². The van der Waals surface area contributed by atoms with E-state index in [1.807, 2.05) is 11.9 Å². The van der Waals surface area contributed by atoms with Crippen LogP contribution in [0.25, 0.3) is 0 Å². The third kappa shape index (κ3) is 3.56. The van der Waals surface area contributed by atoms with Gasteiger partial charge in [0.25, 0.3) is 5.88 Å². The molecule has 2 rings (SSSR count). The maximum absolute atomic E-state index is 13.3. The molecule has 20 heavy (non-hydrogen) atoms. The lowest BCUT2D eigenvalue weighted by Crippen LogP contribution is -2.34. The molecule has 1 saturated heterocycles. The Morgan fingerprint density at radius 2 is 2.15 bits per heavy atom. The number of rotatable bonds is 6. The first-order valence-electron chi connectivity index (χ1n) is 7.13. The Morgan fingerprint density at radius 3 is 2.80 bits per heavy atom. The zero-order valence-electron chi connectivity index (χ0n) is 12.5. The molecule has 1 aromatic heterocycles. The van der Waals surface area contributed by atoms with Gasteiger partial charge in [0.15, 0.2) is 0 Å². The summed E-state index contributed by atoms with van der Waals surface area (Å²) in [6.07, 6.45) is 4.80. The molecule has 0 radical (unpaired) electrons. The van der Waals surface area contributed by atoms with E-state index in [2.05, 4.69) is 21.8 Å². The molecule has 1 unspecified atom stereocenters. The summed E-state index contributed by atoms with van der Waals surface area (Å²) in [4.78, 5) is 12.5. The van der Waals surface area contributed by atoms with Crippen LogP contribution in [0.2, 0.25) is 0 Å². The minimum Gasteiger partial charge on any atom is -0.479 e. The zero-order valence-corrected chi connectivity index (χ0v) is 12.5. The molecule has 2 heterocycles. The molecule has 6 heteroatoms. The number of hydrogen-bond acceptors (Lipinski definition) is 5. The van der Waals surface area contributed by atoms with Crippen molar-refractivity contribution in [2.45, 2.75) is 32.2 Å². The fourth-order valence-electron chi connectivity index (χ4n) is 2.52. The summed E-state index contributed by atoms with van der Waals surface area (Å²) < 4.78 is 18.2. The number of hydrogen-bond donors (Lipinski definition) is 0. The van der Waals surface area contributed by atoms with E-state index in [0.717, 1.165) is 19.2 Å². The molecule has 0 aromatic carbocycles. The van der Waals surface area contributed by atoms with Crippen LogP contribution in [0.3, 0.4) is 0 Å². The first-order valence-corrected chi connectivity index (χ1v) is 7.13. The number of anilines is 1. The Kier molecular flexibility index (Phi) is 5.11. The quantitative estimate of drug-likeness (QED) is 0.797. The molecule has 1 fully saturated rings. The van der Waals surface area contributed by atoms with Gasteiger partial charge in [0, 0.05) is 19.6 Å². The van der Waals surface area contributed by atoms with Gasteiger partial charge < -0.3 is 14.5 Å². The summed E-state index contributed by atoms with van der Waals surface area (Å²) >= 11 is 0. The lowest BCUT2D eigenvalue weighted by molar-refractivity contribution is 0.249. The third-order valence-electron chi connectivity index (χ3n) is 3.88. The van der Waals surface area contributed by atoms with Gasteiger partial charge in [0.1, 0.15) is 0 Å². The second kappa shape index (κ2) is 6.83. The molecule has 1 atom stereocenters. The van der Waals surface area contributed by atoms with Crippen molar-refractivity contribution in [1.82, 2.24) is 14.9 Å². The fraction of sp³-hybridized carbons (Fsp3) is 0.714. The van der Waals surface area contributed by atoms with Gasteiger partial charge in [0.05, 0.1) is 13.3 Å².